The van der Waals surface area contributed by atoms with Gasteiger partial charge < -0.3 is 0 Å². The molecule has 0 aliphatic carbocycles. The van der Waals surface area contributed by atoms with Gasteiger partial charge in [0.15, 0.2) is 12.1 Å². The maximum atomic E-state index is 2.71. The summed E-state index contributed by atoms with van der Waals surface area (Å²) in [6.45, 7) is 2.66. The maximum absolute atomic E-state index is 2.71. The van der Waals surface area contributed by atoms with Crippen molar-refractivity contribution in [3.63, 3.8) is 0 Å². The third-order valence-corrected chi connectivity index (χ3v) is 5.48. The Hall–Kier alpha value is -0.660. The number of nitrogens with zero attached hydrogens (tertiary/aromatic N) is 2. The molecule has 2 nitrogen and oxygen atoms in total. The lowest BCUT2D eigenvalue weighted by molar-refractivity contribution is -0.618. The van der Waals surface area contributed by atoms with Gasteiger partial charge in [0, 0.05) is 25.7 Å². The molecule has 2 heteroatoms. The largest absolute Gasteiger partial charge is 0.236 e. The predicted molar refractivity (Wildman–Crippen MR) is 69.3 cm³/mol. The first-order chi connectivity index (χ1) is 8.42. The highest BCUT2D eigenvalue weighted by Crippen LogP contribution is 2.35. The average Bonchev–Trinajstić information content (AvgIpc) is 2.39. The summed E-state index contributed by atoms with van der Waals surface area (Å²) in [4.78, 5) is 0. The zero-order chi connectivity index (χ0) is 11.2. The van der Waals surface area contributed by atoms with Crippen LogP contribution >= 0.6 is 0 Å². The minimum absolute atomic E-state index is 0.850. The van der Waals surface area contributed by atoms with Gasteiger partial charge in [-0.2, -0.15) is 0 Å². The first kappa shape index (κ1) is 10.3. The Balaban J connectivity index is 1.70. The molecule has 4 unspecified atom stereocenters. The van der Waals surface area contributed by atoms with Gasteiger partial charge in [-0.1, -0.05) is 0 Å². The third kappa shape index (κ3) is 1.60. The minimum atomic E-state index is 0.850. The fourth-order valence-corrected chi connectivity index (χ4v) is 4.69. The van der Waals surface area contributed by atoms with Crippen LogP contribution in [0.4, 0.5) is 0 Å². The van der Waals surface area contributed by atoms with Crippen molar-refractivity contribution in [2.45, 2.75) is 57.0 Å². The van der Waals surface area contributed by atoms with Crippen LogP contribution in [-0.2, 0) is 0 Å². The molecule has 0 saturated carbocycles. The highest BCUT2D eigenvalue weighted by atomic mass is 15.1. The number of hydrogen-bond acceptors (Lipinski definition) is 0. The Labute approximate surface area is 104 Å². The smallest absolute Gasteiger partial charge is 0.164 e. The molecule has 4 aliphatic heterocycles. The zero-order valence-corrected chi connectivity index (χ0v) is 10.7. The first-order valence-corrected chi connectivity index (χ1v) is 7.63. The molecule has 92 valence electrons. The second-order valence-corrected chi connectivity index (χ2v) is 6.46. The summed E-state index contributed by atoms with van der Waals surface area (Å²) in [5, 5.41) is 0. The van der Waals surface area contributed by atoms with Gasteiger partial charge in [-0.25, -0.2) is 9.15 Å². The molecule has 0 aromatic heterocycles. The molecule has 0 aromatic rings. The Morgan fingerprint density at radius 2 is 1.24 bits per heavy atom. The van der Waals surface area contributed by atoms with Crippen molar-refractivity contribution in [2.75, 3.05) is 13.1 Å². The van der Waals surface area contributed by atoms with E-state index in [1.54, 1.807) is 0 Å². The third-order valence-electron chi connectivity index (χ3n) is 5.48. The van der Waals surface area contributed by atoms with Crippen LogP contribution in [0.15, 0.2) is 0 Å². The van der Waals surface area contributed by atoms with Crippen molar-refractivity contribution in [3.05, 3.63) is 0 Å². The lowest BCUT2D eigenvalue weighted by atomic mass is 9.75. The van der Waals surface area contributed by atoms with Crippen molar-refractivity contribution >= 4 is 12.4 Å². The van der Waals surface area contributed by atoms with Crippen LogP contribution < -0.4 is 0 Å². The van der Waals surface area contributed by atoms with Crippen molar-refractivity contribution in [1.82, 2.24) is 0 Å². The second kappa shape index (κ2) is 3.93. The summed E-state index contributed by atoms with van der Waals surface area (Å²) in [6, 6.07) is 1.70. The SMILES string of the molecule is C1=[N+]2CCCCC2C2C=[N+]3CCCCC3C1C2. The quantitative estimate of drug-likeness (QED) is 0.563. The molecule has 4 heterocycles. The predicted octanol–water partition coefficient (Wildman–Crippen LogP) is 1.91. The standard InChI is InChI=1S/C15H24N2/c1-3-7-16-11-13-9-12(14(16)5-1)10-17-8-4-2-6-15(13)17/h10-15H,1-9H2/q+2. The Morgan fingerprint density at radius 3 is 1.76 bits per heavy atom. The van der Waals surface area contributed by atoms with Crippen LogP contribution in [0.5, 0.6) is 0 Å². The molecule has 0 radical (unpaired) electrons. The molecule has 0 spiro atoms. The molecule has 0 N–H and O–H groups in total. The molecule has 2 saturated heterocycles. The van der Waals surface area contributed by atoms with Gasteiger partial charge in [-0.15, -0.1) is 0 Å². The summed E-state index contributed by atoms with van der Waals surface area (Å²) in [7, 11) is 0. The number of fused-ring (bicyclic) bond motifs is 6. The lowest BCUT2D eigenvalue weighted by Crippen LogP contribution is -2.54. The molecule has 4 rings (SSSR count). The molecule has 4 aliphatic rings. The Kier molecular flexibility index (Phi) is 2.38. The summed E-state index contributed by atoms with van der Waals surface area (Å²) in [6.07, 6.45) is 15.3. The molecule has 0 amide bonds. The summed E-state index contributed by atoms with van der Waals surface area (Å²) in [5.74, 6) is 1.72. The van der Waals surface area contributed by atoms with Crippen LogP contribution in [0.2, 0.25) is 0 Å². The van der Waals surface area contributed by atoms with E-state index in [4.69, 9.17) is 0 Å². The molecule has 0 aromatic carbocycles. The van der Waals surface area contributed by atoms with Crippen LogP contribution in [0, 0.1) is 11.8 Å². The van der Waals surface area contributed by atoms with Crippen LogP contribution in [-0.4, -0.2) is 46.8 Å². The molecular formula is C15H24N2+2. The normalized spacial score (nSPS) is 44.2. The van der Waals surface area contributed by atoms with E-state index in [0.717, 1.165) is 23.9 Å². The Morgan fingerprint density at radius 1 is 0.706 bits per heavy atom. The van der Waals surface area contributed by atoms with Crippen LogP contribution in [0.25, 0.3) is 0 Å². The molecular weight excluding hydrogens is 208 g/mol. The van der Waals surface area contributed by atoms with E-state index in [2.05, 4.69) is 21.6 Å². The van der Waals surface area contributed by atoms with Crippen molar-refractivity contribution in [1.29, 1.82) is 0 Å². The average molecular weight is 232 g/mol. The number of hydrogen-bond donors (Lipinski definition) is 0. The van der Waals surface area contributed by atoms with Gasteiger partial charge in [0.1, 0.15) is 25.5 Å². The summed E-state index contributed by atoms with van der Waals surface area (Å²) >= 11 is 0. The summed E-state index contributed by atoms with van der Waals surface area (Å²) < 4.78 is 5.43. The van der Waals surface area contributed by atoms with E-state index >= 15 is 0 Å². The lowest BCUT2D eigenvalue weighted by Gasteiger charge is -2.38. The highest BCUT2D eigenvalue weighted by molar-refractivity contribution is 5.65. The number of rotatable bonds is 0. The van der Waals surface area contributed by atoms with Gasteiger partial charge in [-0.05, 0) is 19.3 Å². The van der Waals surface area contributed by atoms with E-state index in [1.165, 1.54) is 58.0 Å². The first-order valence-electron chi connectivity index (χ1n) is 7.63. The fourth-order valence-electron chi connectivity index (χ4n) is 4.69. The van der Waals surface area contributed by atoms with Crippen molar-refractivity contribution < 1.29 is 9.15 Å². The van der Waals surface area contributed by atoms with Gasteiger partial charge in [-0.3, -0.25) is 0 Å². The topological polar surface area (TPSA) is 6.02 Å². The van der Waals surface area contributed by atoms with Gasteiger partial charge in [0.05, 0.1) is 11.8 Å². The minimum Gasteiger partial charge on any atom is -0.236 e. The highest BCUT2D eigenvalue weighted by Gasteiger charge is 2.49. The second-order valence-electron chi connectivity index (χ2n) is 6.46. The van der Waals surface area contributed by atoms with E-state index in [1.807, 2.05) is 0 Å². The fraction of sp³-hybridized carbons (Fsp3) is 0.867. The summed E-state index contributed by atoms with van der Waals surface area (Å²) in [5.41, 5.74) is 0. The molecule has 4 atom stereocenters. The number of piperidine rings is 2. The van der Waals surface area contributed by atoms with E-state index < -0.39 is 0 Å². The van der Waals surface area contributed by atoms with E-state index in [-0.39, 0.29) is 0 Å². The van der Waals surface area contributed by atoms with E-state index in [9.17, 15) is 0 Å². The van der Waals surface area contributed by atoms with Gasteiger partial charge in [0.2, 0.25) is 0 Å². The van der Waals surface area contributed by atoms with Crippen LogP contribution in [0.3, 0.4) is 0 Å². The molecule has 2 bridgehead atoms. The van der Waals surface area contributed by atoms with Gasteiger partial charge >= 0.3 is 0 Å². The molecule has 2 fully saturated rings. The molecule has 17 heavy (non-hydrogen) atoms. The monoisotopic (exact) mass is 232 g/mol. The van der Waals surface area contributed by atoms with Crippen molar-refractivity contribution in [2.24, 2.45) is 11.8 Å². The zero-order valence-electron chi connectivity index (χ0n) is 10.7. The van der Waals surface area contributed by atoms with Crippen LogP contribution in [0.1, 0.15) is 44.9 Å². The van der Waals surface area contributed by atoms with Gasteiger partial charge in [0.25, 0.3) is 0 Å². The Bertz CT molecular complexity index is 346. The van der Waals surface area contributed by atoms with Crippen molar-refractivity contribution in [3.8, 4) is 0 Å². The maximum Gasteiger partial charge on any atom is 0.164 e. The van der Waals surface area contributed by atoms with E-state index in [0.29, 0.717) is 0 Å².